The van der Waals surface area contributed by atoms with Gasteiger partial charge in [-0.1, -0.05) is 36.4 Å². The Morgan fingerprint density at radius 2 is 1.92 bits per heavy atom. The lowest BCUT2D eigenvalue weighted by Crippen LogP contribution is -2.29. The second-order valence-electron chi connectivity index (χ2n) is 6.77. The fourth-order valence-electron chi connectivity index (χ4n) is 4.35. The summed E-state index contributed by atoms with van der Waals surface area (Å²) in [5.41, 5.74) is 5.72. The molecule has 2 aliphatic carbocycles. The van der Waals surface area contributed by atoms with E-state index in [0.29, 0.717) is 23.6 Å². The summed E-state index contributed by atoms with van der Waals surface area (Å²) < 4.78 is 5.36. The Hall–Kier alpha value is -2.86. The summed E-state index contributed by atoms with van der Waals surface area (Å²) in [4.78, 5) is 0. The van der Waals surface area contributed by atoms with Crippen LogP contribution in [0.4, 0.5) is 0 Å². The molecule has 124 valence electrons. The third-order valence-corrected chi connectivity index (χ3v) is 5.52. The molecule has 0 saturated carbocycles. The van der Waals surface area contributed by atoms with Crippen LogP contribution >= 0.6 is 0 Å². The molecule has 3 heteroatoms. The molecule has 25 heavy (non-hydrogen) atoms. The molecule has 2 aromatic rings. The SMILES string of the molecule is COc1ccc2c(c1)CC[C@@H]1C2=C(C#N)C(=N)C[C@H]1c1ccccc1. The highest BCUT2D eigenvalue weighted by Crippen LogP contribution is 2.50. The van der Waals surface area contributed by atoms with Crippen LogP contribution in [0.3, 0.4) is 0 Å². The van der Waals surface area contributed by atoms with E-state index in [-0.39, 0.29) is 5.92 Å². The first-order valence-electron chi connectivity index (χ1n) is 8.67. The van der Waals surface area contributed by atoms with Crippen LogP contribution in [0.15, 0.2) is 54.1 Å². The Labute approximate surface area is 148 Å². The number of nitrogens with one attached hydrogen (secondary N) is 1. The molecule has 0 bridgehead atoms. The lowest BCUT2D eigenvalue weighted by Gasteiger charge is -2.38. The van der Waals surface area contributed by atoms with Gasteiger partial charge >= 0.3 is 0 Å². The predicted octanol–water partition coefficient (Wildman–Crippen LogP) is 4.74. The number of methoxy groups -OCH3 is 1. The van der Waals surface area contributed by atoms with Crippen LogP contribution in [0.25, 0.3) is 5.57 Å². The van der Waals surface area contributed by atoms with Crippen molar-refractivity contribution in [3.63, 3.8) is 0 Å². The molecule has 4 rings (SSSR count). The van der Waals surface area contributed by atoms with Crippen molar-refractivity contribution in [1.82, 2.24) is 0 Å². The van der Waals surface area contributed by atoms with E-state index in [9.17, 15) is 5.26 Å². The van der Waals surface area contributed by atoms with E-state index in [0.717, 1.165) is 29.7 Å². The van der Waals surface area contributed by atoms with E-state index in [1.807, 2.05) is 12.1 Å². The molecule has 0 saturated heterocycles. The van der Waals surface area contributed by atoms with Gasteiger partial charge in [0.2, 0.25) is 0 Å². The molecule has 2 atom stereocenters. The average Bonchev–Trinajstić information content (AvgIpc) is 2.67. The minimum atomic E-state index is 0.274. The second kappa shape index (κ2) is 6.22. The lowest BCUT2D eigenvalue weighted by atomic mass is 9.64. The first-order valence-corrected chi connectivity index (χ1v) is 8.67. The molecule has 0 aliphatic heterocycles. The summed E-state index contributed by atoms with van der Waals surface area (Å²) in [6.45, 7) is 0. The number of allylic oxidation sites excluding steroid dienone is 2. The van der Waals surface area contributed by atoms with Crippen LogP contribution in [0.5, 0.6) is 5.75 Å². The van der Waals surface area contributed by atoms with Crippen LogP contribution in [0.2, 0.25) is 0 Å². The van der Waals surface area contributed by atoms with Crippen LogP contribution < -0.4 is 4.74 Å². The Morgan fingerprint density at radius 1 is 1.12 bits per heavy atom. The van der Waals surface area contributed by atoms with Gasteiger partial charge in [-0.3, -0.25) is 0 Å². The van der Waals surface area contributed by atoms with E-state index in [1.165, 1.54) is 11.1 Å². The summed E-state index contributed by atoms with van der Waals surface area (Å²) in [5, 5.41) is 18.2. The summed E-state index contributed by atoms with van der Waals surface area (Å²) >= 11 is 0. The smallest absolute Gasteiger partial charge is 0.119 e. The van der Waals surface area contributed by atoms with Crippen LogP contribution in [0, 0.1) is 22.7 Å². The summed E-state index contributed by atoms with van der Waals surface area (Å²) in [7, 11) is 1.68. The van der Waals surface area contributed by atoms with Crippen molar-refractivity contribution in [3.8, 4) is 11.8 Å². The normalized spacial score (nSPS) is 22.0. The quantitative estimate of drug-likeness (QED) is 0.865. The van der Waals surface area contributed by atoms with Crippen molar-refractivity contribution in [2.75, 3.05) is 7.11 Å². The number of nitrogens with zero attached hydrogens (tertiary/aromatic N) is 1. The summed E-state index contributed by atoms with van der Waals surface area (Å²) in [6.07, 6.45) is 2.64. The Bertz CT molecular complexity index is 905. The van der Waals surface area contributed by atoms with Gasteiger partial charge in [-0.2, -0.15) is 5.26 Å². The molecule has 0 radical (unpaired) electrons. The second-order valence-corrected chi connectivity index (χ2v) is 6.77. The topological polar surface area (TPSA) is 56.9 Å². The minimum Gasteiger partial charge on any atom is -0.497 e. The number of benzene rings is 2. The number of hydrogen-bond donors (Lipinski definition) is 1. The molecule has 0 amide bonds. The van der Waals surface area contributed by atoms with Gasteiger partial charge < -0.3 is 10.1 Å². The largest absolute Gasteiger partial charge is 0.497 e. The van der Waals surface area contributed by atoms with E-state index in [1.54, 1.807) is 7.11 Å². The van der Waals surface area contributed by atoms with Crippen LogP contribution in [0.1, 0.15) is 35.4 Å². The summed E-state index contributed by atoms with van der Waals surface area (Å²) in [6, 6.07) is 18.9. The van der Waals surface area contributed by atoms with Gasteiger partial charge in [0.05, 0.1) is 18.4 Å². The van der Waals surface area contributed by atoms with Crippen molar-refractivity contribution in [1.29, 1.82) is 10.7 Å². The molecule has 3 nitrogen and oxygen atoms in total. The van der Waals surface area contributed by atoms with E-state index in [2.05, 4.69) is 42.5 Å². The first-order chi connectivity index (χ1) is 12.2. The number of fused-ring (bicyclic) bond motifs is 3. The summed E-state index contributed by atoms with van der Waals surface area (Å²) in [5.74, 6) is 1.42. The van der Waals surface area contributed by atoms with Crippen LogP contribution in [-0.4, -0.2) is 12.8 Å². The zero-order valence-corrected chi connectivity index (χ0v) is 14.3. The highest BCUT2D eigenvalue weighted by molar-refractivity contribution is 6.10. The highest BCUT2D eigenvalue weighted by atomic mass is 16.5. The van der Waals surface area contributed by atoms with Gasteiger partial charge in [0.1, 0.15) is 11.8 Å². The Balaban J connectivity index is 1.88. The Kier molecular flexibility index (Phi) is 3.89. The maximum Gasteiger partial charge on any atom is 0.119 e. The molecular formula is C22H20N2O. The maximum absolute atomic E-state index is 9.71. The molecular weight excluding hydrogens is 308 g/mol. The molecule has 0 spiro atoms. The van der Waals surface area contributed by atoms with E-state index < -0.39 is 0 Å². The van der Waals surface area contributed by atoms with Crippen molar-refractivity contribution in [2.24, 2.45) is 5.92 Å². The van der Waals surface area contributed by atoms with E-state index >= 15 is 0 Å². The van der Waals surface area contributed by atoms with Gasteiger partial charge in [0.25, 0.3) is 0 Å². The van der Waals surface area contributed by atoms with Crippen molar-refractivity contribution in [3.05, 3.63) is 70.8 Å². The monoisotopic (exact) mass is 328 g/mol. The van der Waals surface area contributed by atoms with Crippen molar-refractivity contribution >= 4 is 11.3 Å². The van der Waals surface area contributed by atoms with Crippen LogP contribution in [-0.2, 0) is 6.42 Å². The number of hydrogen-bond acceptors (Lipinski definition) is 3. The predicted molar refractivity (Wildman–Crippen MR) is 98.9 cm³/mol. The van der Waals surface area contributed by atoms with E-state index in [4.69, 9.17) is 10.1 Å². The standard InChI is InChI=1S/C22H20N2O/c1-25-16-8-10-17-15(11-16)7-9-18-19(14-5-3-2-4-6-14)12-21(24)20(13-23)22(17)18/h2-6,8,10-11,18-19,24H,7,9,12H2,1H3/t18-,19-/m0/s1. The fourth-order valence-corrected chi connectivity index (χ4v) is 4.35. The number of nitriles is 1. The highest BCUT2D eigenvalue weighted by Gasteiger charge is 2.38. The van der Waals surface area contributed by atoms with Crippen molar-refractivity contribution < 1.29 is 4.74 Å². The number of ether oxygens (including phenoxy) is 1. The third-order valence-electron chi connectivity index (χ3n) is 5.52. The average molecular weight is 328 g/mol. The molecule has 0 unspecified atom stereocenters. The van der Waals surface area contributed by atoms with Gasteiger partial charge in [-0.25, -0.2) is 0 Å². The molecule has 0 aromatic heterocycles. The third kappa shape index (κ3) is 2.55. The number of rotatable bonds is 2. The molecule has 0 heterocycles. The molecule has 2 aliphatic rings. The lowest BCUT2D eigenvalue weighted by molar-refractivity contribution is 0.413. The fraction of sp³-hybridized carbons (Fsp3) is 0.273. The van der Waals surface area contributed by atoms with Gasteiger partial charge in [0, 0.05) is 0 Å². The molecule has 0 fully saturated rings. The van der Waals surface area contributed by atoms with Gasteiger partial charge in [0.15, 0.2) is 0 Å². The minimum absolute atomic E-state index is 0.274. The zero-order valence-electron chi connectivity index (χ0n) is 14.3. The first kappa shape index (κ1) is 15.7. The van der Waals surface area contributed by atoms with Gasteiger partial charge in [-0.15, -0.1) is 0 Å². The van der Waals surface area contributed by atoms with Gasteiger partial charge in [-0.05, 0) is 65.5 Å². The maximum atomic E-state index is 9.71. The number of aryl methyl sites for hydroxylation is 1. The Morgan fingerprint density at radius 3 is 2.64 bits per heavy atom. The van der Waals surface area contributed by atoms with Crippen molar-refractivity contribution in [2.45, 2.75) is 25.2 Å². The molecule has 1 N–H and O–H groups in total. The molecule has 2 aromatic carbocycles. The zero-order chi connectivity index (χ0) is 17.4.